The lowest BCUT2D eigenvalue weighted by Gasteiger charge is -2.12. The van der Waals surface area contributed by atoms with Gasteiger partial charge in [-0.3, -0.25) is 0 Å². The zero-order chi connectivity index (χ0) is 13.7. The third-order valence-corrected chi connectivity index (χ3v) is 3.71. The maximum atomic E-state index is 5.92. The number of aromatic nitrogens is 1. The number of benzene rings is 1. The van der Waals surface area contributed by atoms with Crippen LogP contribution in [0.15, 0.2) is 24.4 Å². The largest absolute Gasteiger partial charge is 0.488 e. The van der Waals surface area contributed by atoms with Crippen LogP contribution < -0.4 is 10.1 Å². The van der Waals surface area contributed by atoms with Gasteiger partial charge in [-0.1, -0.05) is 24.6 Å². The van der Waals surface area contributed by atoms with Gasteiger partial charge in [0.15, 0.2) is 0 Å². The fourth-order valence-electron chi connectivity index (χ4n) is 1.87. The molecule has 102 valence electrons. The molecule has 0 saturated heterocycles. The van der Waals surface area contributed by atoms with Gasteiger partial charge < -0.3 is 10.1 Å². The van der Waals surface area contributed by atoms with Gasteiger partial charge in [0.05, 0.1) is 9.88 Å². The second-order valence-electron chi connectivity index (χ2n) is 4.53. The van der Waals surface area contributed by atoms with Crippen LogP contribution in [0.3, 0.4) is 0 Å². The molecule has 0 unspecified atom stereocenters. The van der Waals surface area contributed by atoms with Crippen molar-refractivity contribution in [2.24, 2.45) is 0 Å². The monoisotopic (exact) mass is 276 g/mol. The third-order valence-electron chi connectivity index (χ3n) is 2.82. The van der Waals surface area contributed by atoms with E-state index in [4.69, 9.17) is 4.74 Å². The zero-order valence-corrected chi connectivity index (χ0v) is 12.5. The van der Waals surface area contributed by atoms with E-state index in [1.54, 1.807) is 11.3 Å². The summed E-state index contributed by atoms with van der Waals surface area (Å²) in [5, 5.41) is 4.42. The molecule has 0 aliphatic heterocycles. The molecule has 0 amide bonds. The molecule has 1 aromatic carbocycles. The first-order valence-electron chi connectivity index (χ1n) is 6.53. The second-order valence-corrected chi connectivity index (χ2v) is 5.85. The first kappa shape index (κ1) is 14.0. The van der Waals surface area contributed by atoms with Crippen LogP contribution in [0.5, 0.6) is 5.75 Å². The third kappa shape index (κ3) is 4.04. The van der Waals surface area contributed by atoms with Gasteiger partial charge in [-0.05, 0) is 26.5 Å². The summed E-state index contributed by atoms with van der Waals surface area (Å²) in [5.74, 6) is 0.956. The van der Waals surface area contributed by atoms with Crippen LogP contribution in [0.25, 0.3) is 0 Å². The van der Waals surface area contributed by atoms with Gasteiger partial charge in [0.25, 0.3) is 0 Å². The summed E-state index contributed by atoms with van der Waals surface area (Å²) in [6.45, 7) is 8.61. The van der Waals surface area contributed by atoms with Gasteiger partial charge in [-0.15, -0.1) is 11.3 Å². The SMILES string of the molecule is CCNCc1cc(C)ccc1OCc1cnc(C)s1. The molecule has 3 nitrogen and oxygen atoms in total. The molecule has 0 saturated carbocycles. The minimum absolute atomic E-state index is 0.591. The van der Waals surface area contributed by atoms with Gasteiger partial charge in [0, 0.05) is 18.3 Å². The van der Waals surface area contributed by atoms with Crippen LogP contribution in [0.2, 0.25) is 0 Å². The highest BCUT2D eigenvalue weighted by atomic mass is 32.1. The summed E-state index contributed by atoms with van der Waals surface area (Å²) in [6.07, 6.45) is 1.89. The van der Waals surface area contributed by atoms with E-state index in [2.05, 4.69) is 42.3 Å². The van der Waals surface area contributed by atoms with Crippen molar-refractivity contribution < 1.29 is 4.74 Å². The molecule has 1 N–H and O–H groups in total. The Balaban J connectivity index is 2.05. The fraction of sp³-hybridized carbons (Fsp3) is 0.400. The van der Waals surface area contributed by atoms with Crippen molar-refractivity contribution >= 4 is 11.3 Å². The number of nitrogens with zero attached hydrogens (tertiary/aromatic N) is 1. The summed E-state index contributed by atoms with van der Waals surface area (Å²) in [6, 6.07) is 6.31. The summed E-state index contributed by atoms with van der Waals surface area (Å²) >= 11 is 1.68. The molecule has 1 heterocycles. The van der Waals surface area contributed by atoms with E-state index in [9.17, 15) is 0 Å². The molecule has 4 heteroatoms. The van der Waals surface area contributed by atoms with E-state index in [0.29, 0.717) is 6.61 Å². The van der Waals surface area contributed by atoms with Crippen molar-refractivity contribution in [1.29, 1.82) is 0 Å². The van der Waals surface area contributed by atoms with E-state index in [0.717, 1.165) is 28.7 Å². The van der Waals surface area contributed by atoms with Gasteiger partial charge in [0.1, 0.15) is 12.4 Å². The highest BCUT2D eigenvalue weighted by Gasteiger charge is 2.05. The molecule has 0 atom stereocenters. The Morgan fingerprint density at radius 2 is 2.16 bits per heavy atom. The molecule has 1 aromatic heterocycles. The number of ether oxygens (including phenoxy) is 1. The molecule has 0 aliphatic carbocycles. The molecule has 0 aliphatic rings. The molecular formula is C15H20N2OS. The lowest BCUT2D eigenvalue weighted by molar-refractivity contribution is 0.305. The Bertz CT molecular complexity index is 537. The first-order valence-corrected chi connectivity index (χ1v) is 7.35. The van der Waals surface area contributed by atoms with Crippen LogP contribution in [0.1, 0.15) is 27.9 Å². The quantitative estimate of drug-likeness (QED) is 0.877. The number of aryl methyl sites for hydroxylation is 2. The normalized spacial score (nSPS) is 10.7. The predicted octanol–water partition coefficient (Wildman–Crippen LogP) is 3.45. The standard InChI is InChI=1S/C15H20N2OS/c1-4-16-8-13-7-11(2)5-6-15(13)18-10-14-9-17-12(3)19-14/h5-7,9,16H,4,8,10H2,1-3H3. The minimum Gasteiger partial charge on any atom is -0.488 e. The smallest absolute Gasteiger partial charge is 0.124 e. The number of hydrogen-bond acceptors (Lipinski definition) is 4. The van der Waals surface area contributed by atoms with Crippen molar-refractivity contribution in [3.63, 3.8) is 0 Å². The van der Waals surface area contributed by atoms with E-state index < -0.39 is 0 Å². The van der Waals surface area contributed by atoms with E-state index in [-0.39, 0.29) is 0 Å². The highest BCUT2D eigenvalue weighted by Crippen LogP contribution is 2.22. The van der Waals surface area contributed by atoms with Gasteiger partial charge in [-0.2, -0.15) is 0 Å². The average Bonchev–Trinajstić information content (AvgIpc) is 2.81. The van der Waals surface area contributed by atoms with Crippen molar-refractivity contribution in [2.45, 2.75) is 33.9 Å². The maximum absolute atomic E-state index is 5.92. The van der Waals surface area contributed by atoms with Crippen molar-refractivity contribution in [2.75, 3.05) is 6.54 Å². The van der Waals surface area contributed by atoms with E-state index >= 15 is 0 Å². The molecule has 0 radical (unpaired) electrons. The van der Waals surface area contributed by atoms with Crippen molar-refractivity contribution in [1.82, 2.24) is 10.3 Å². The maximum Gasteiger partial charge on any atom is 0.124 e. The molecule has 0 fully saturated rings. The average molecular weight is 276 g/mol. The Kier molecular flexibility index (Phi) is 4.93. The van der Waals surface area contributed by atoms with Crippen LogP contribution >= 0.6 is 11.3 Å². The number of thiazole rings is 1. The van der Waals surface area contributed by atoms with Gasteiger partial charge in [0.2, 0.25) is 0 Å². The Morgan fingerprint density at radius 3 is 2.84 bits per heavy atom. The number of hydrogen-bond donors (Lipinski definition) is 1. The lowest BCUT2D eigenvalue weighted by atomic mass is 10.1. The Labute approximate surface area is 118 Å². The van der Waals surface area contributed by atoms with Gasteiger partial charge in [-0.25, -0.2) is 4.98 Å². The van der Waals surface area contributed by atoms with Crippen LogP contribution in [0.4, 0.5) is 0 Å². The first-order chi connectivity index (χ1) is 9.19. The van der Waals surface area contributed by atoms with E-state index in [1.807, 2.05) is 13.1 Å². The number of rotatable bonds is 6. The fourth-order valence-corrected chi connectivity index (χ4v) is 2.58. The molecule has 0 bridgehead atoms. The molecule has 2 aromatic rings. The number of nitrogens with one attached hydrogen (secondary N) is 1. The summed E-state index contributed by atoms with van der Waals surface area (Å²) in [7, 11) is 0. The molecular weight excluding hydrogens is 256 g/mol. The minimum atomic E-state index is 0.591. The predicted molar refractivity (Wildman–Crippen MR) is 79.7 cm³/mol. The van der Waals surface area contributed by atoms with Crippen LogP contribution in [0, 0.1) is 13.8 Å². The summed E-state index contributed by atoms with van der Waals surface area (Å²) < 4.78 is 5.92. The Hall–Kier alpha value is -1.39. The summed E-state index contributed by atoms with van der Waals surface area (Å²) in [4.78, 5) is 5.40. The second kappa shape index (κ2) is 6.68. The van der Waals surface area contributed by atoms with Crippen molar-refractivity contribution in [3.05, 3.63) is 45.4 Å². The molecule has 2 rings (SSSR count). The van der Waals surface area contributed by atoms with Crippen LogP contribution in [-0.2, 0) is 13.2 Å². The topological polar surface area (TPSA) is 34.1 Å². The highest BCUT2D eigenvalue weighted by molar-refractivity contribution is 7.11. The Morgan fingerprint density at radius 1 is 1.32 bits per heavy atom. The molecule has 19 heavy (non-hydrogen) atoms. The lowest BCUT2D eigenvalue weighted by Crippen LogP contribution is -2.13. The molecule has 0 spiro atoms. The summed E-state index contributed by atoms with van der Waals surface area (Å²) in [5.41, 5.74) is 2.47. The van der Waals surface area contributed by atoms with E-state index in [1.165, 1.54) is 11.1 Å². The van der Waals surface area contributed by atoms with Gasteiger partial charge >= 0.3 is 0 Å². The van der Waals surface area contributed by atoms with Crippen LogP contribution in [-0.4, -0.2) is 11.5 Å². The van der Waals surface area contributed by atoms with Crippen molar-refractivity contribution in [3.8, 4) is 5.75 Å². The zero-order valence-electron chi connectivity index (χ0n) is 11.7.